The fraction of sp³-hybridized carbons (Fsp3) is 0.182. The first-order valence-corrected chi connectivity index (χ1v) is 7.16. The minimum absolute atomic E-state index is 0.0590. The maximum atomic E-state index is 10.3. The number of ether oxygens (including phenoxy) is 1. The number of aromatic amines is 1. The van der Waals surface area contributed by atoms with Crippen LogP contribution >= 0.6 is 0 Å². The Morgan fingerprint density at radius 2 is 2.25 bits per heavy atom. The van der Waals surface area contributed by atoms with Gasteiger partial charge in [-0.05, 0) is 24.1 Å². The number of hydrogen-bond donors (Lipinski definition) is 1. The van der Waals surface area contributed by atoms with E-state index in [2.05, 4.69) is 14.4 Å². The summed E-state index contributed by atoms with van der Waals surface area (Å²) in [7, 11) is -3.35. The lowest BCUT2D eigenvalue weighted by Crippen LogP contribution is -2.04. The molecule has 0 atom stereocenters. The predicted molar refractivity (Wildman–Crippen MR) is 74.1 cm³/mol. The van der Waals surface area contributed by atoms with Crippen molar-refractivity contribution in [2.45, 2.75) is 6.42 Å². The predicted octanol–water partition coefficient (Wildman–Crippen LogP) is 1.06. The highest BCUT2D eigenvalue weighted by Gasteiger charge is 2.08. The second kappa shape index (κ2) is 5.65. The fourth-order valence-corrected chi connectivity index (χ4v) is 2.23. The van der Waals surface area contributed by atoms with Crippen molar-refractivity contribution >= 4 is 39.0 Å². The summed E-state index contributed by atoms with van der Waals surface area (Å²) in [5, 5.41) is 3.87. The van der Waals surface area contributed by atoms with Gasteiger partial charge < -0.3 is 26.9 Å². The van der Waals surface area contributed by atoms with E-state index in [1.54, 1.807) is 19.4 Å². The minimum Gasteiger partial charge on any atom is -0.761 e. The number of fused-ring (bicyclic) bond motifs is 1. The molecule has 0 radical (unpaired) electrons. The number of nitrogens with one attached hydrogen (secondary N) is 1. The maximum absolute atomic E-state index is 10.3. The molecular weight excluding hydrogens is 304 g/mol. The second-order valence-electron chi connectivity index (χ2n) is 3.84. The van der Waals surface area contributed by atoms with Crippen molar-refractivity contribution in [3.63, 3.8) is 0 Å². The van der Waals surface area contributed by atoms with Gasteiger partial charge in [0.05, 0.1) is 7.11 Å². The van der Waals surface area contributed by atoms with E-state index in [1.807, 2.05) is 12.1 Å². The van der Waals surface area contributed by atoms with Gasteiger partial charge in [-0.1, -0.05) is 16.3 Å². The molecule has 0 saturated carbocycles. The normalized spacial score (nSPS) is 12.6. The molecule has 0 saturated heterocycles. The molecular formula is C11H10N2O5S2-2. The molecule has 2 rings (SSSR count). The van der Waals surface area contributed by atoms with Crippen molar-refractivity contribution in [3.8, 4) is 5.75 Å². The van der Waals surface area contributed by atoms with E-state index < -0.39 is 10.4 Å². The summed E-state index contributed by atoms with van der Waals surface area (Å²) in [5.41, 5.74) is 1.61. The summed E-state index contributed by atoms with van der Waals surface area (Å²) in [5.74, 6) is 0.652. The van der Waals surface area contributed by atoms with Crippen LogP contribution in [0.5, 0.6) is 5.75 Å². The van der Waals surface area contributed by atoms with Crippen LogP contribution < -0.4 is 4.74 Å². The maximum Gasteiger partial charge on any atom is 0.283 e. The number of H-pyrrole nitrogens is 1. The lowest BCUT2D eigenvalue weighted by Gasteiger charge is -2.11. The van der Waals surface area contributed by atoms with E-state index in [4.69, 9.17) is 17.4 Å². The topological polar surface area (TPSA) is 104 Å². The van der Waals surface area contributed by atoms with Gasteiger partial charge in [0, 0.05) is 17.1 Å². The van der Waals surface area contributed by atoms with Crippen LogP contribution in [0.15, 0.2) is 29.6 Å². The zero-order chi connectivity index (χ0) is 14.8. The summed E-state index contributed by atoms with van der Waals surface area (Å²) in [6, 6.07) is 5.48. The number of oxime groups is 1. The van der Waals surface area contributed by atoms with E-state index in [0.717, 1.165) is 16.5 Å². The molecule has 0 unspecified atom stereocenters. The van der Waals surface area contributed by atoms with Crippen LogP contribution in [0.3, 0.4) is 0 Å². The first-order chi connectivity index (χ1) is 9.40. The third-order valence-electron chi connectivity index (χ3n) is 2.54. The number of aromatic nitrogens is 1. The smallest absolute Gasteiger partial charge is 0.283 e. The van der Waals surface area contributed by atoms with E-state index in [-0.39, 0.29) is 11.5 Å². The van der Waals surface area contributed by atoms with Crippen molar-refractivity contribution < 1.29 is 22.0 Å². The Labute approximate surface area is 120 Å². The highest BCUT2D eigenvalue weighted by Crippen LogP contribution is 2.28. The molecule has 1 N–H and O–H groups in total. The first-order valence-electron chi connectivity index (χ1n) is 5.42. The van der Waals surface area contributed by atoms with Crippen LogP contribution in [0, 0.1) is 0 Å². The molecule has 1 aromatic carbocycles. The summed E-state index contributed by atoms with van der Waals surface area (Å²) in [6.45, 7) is 0. The van der Waals surface area contributed by atoms with Crippen LogP contribution in [0.4, 0.5) is 0 Å². The summed E-state index contributed by atoms with van der Waals surface area (Å²) in [4.78, 5) is 3.04. The van der Waals surface area contributed by atoms with Crippen LogP contribution in [0.1, 0.15) is 5.56 Å². The van der Waals surface area contributed by atoms with Crippen molar-refractivity contribution in [2.75, 3.05) is 7.11 Å². The summed E-state index contributed by atoms with van der Waals surface area (Å²) in [6.07, 6.45) is 1.85. The summed E-state index contributed by atoms with van der Waals surface area (Å²) >= 11 is 4.86. The third kappa shape index (κ3) is 3.38. The average Bonchev–Trinajstić information content (AvgIpc) is 2.79. The van der Waals surface area contributed by atoms with E-state index in [1.165, 1.54) is 0 Å². The molecule has 1 heterocycles. The van der Waals surface area contributed by atoms with Crippen molar-refractivity contribution in [1.82, 2.24) is 4.98 Å². The van der Waals surface area contributed by atoms with Gasteiger partial charge in [0.25, 0.3) is 10.4 Å². The molecule has 0 fully saturated rings. The van der Waals surface area contributed by atoms with Crippen LogP contribution in [0.2, 0.25) is 0 Å². The van der Waals surface area contributed by atoms with Gasteiger partial charge in [-0.2, -0.15) is 8.42 Å². The Morgan fingerprint density at radius 3 is 2.90 bits per heavy atom. The Balaban J connectivity index is 2.30. The zero-order valence-corrected chi connectivity index (χ0v) is 12.0. The number of benzene rings is 1. The SMILES string of the molecule is COc1cccc2[nH]cc(C/C([S-])=N\OS(=O)(=O)[O-])c12. The van der Waals surface area contributed by atoms with Crippen LogP contribution in [-0.4, -0.2) is 30.1 Å². The van der Waals surface area contributed by atoms with Crippen LogP contribution in [-0.2, 0) is 33.7 Å². The molecule has 0 aliphatic carbocycles. The molecule has 0 spiro atoms. The van der Waals surface area contributed by atoms with Gasteiger partial charge in [0.15, 0.2) is 0 Å². The molecule has 7 nitrogen and oxygen atoms in total. The van der Waals surface area contributed by atoms with Gasteiger partial charge in [0.2, 0.25) is 0 Å². The number of rotatable bonds is 5. The number of nitrogens with zero attached hydrogens (tertiary/aromatic N) is 1. The quantitative estimate of drug-likeness (QED) is 0.221. The molecule has 1 aromatic heterocycles. The molecule has 2 aromatic rings. The van der Waals surface area contributed by atoms with E-state index in [9.17, 15) is 13.0 Å². The fourth-order valence-electron chi connectivity index (χ4n) is 1.81. The van der Waals surface area contributed by atoms with E-state index in [0.29, 0.717) is 5.75 Å². The van der Waals surface area contributed by atoms with Crippen molar-refractivity contribution in [1.29, 1.82) is 0 Å². The highest BCUT2D eigenvalue weighted by molar-refractivity contribution is 7.81. The van der Waals surface area contributed by atoms with Gasteiger partial charge in [-0.15, -0.1) is 0 Å². The van der Waals surface area contributed by atoms with Gasteiger partial charge in [0.1, 0.15) is 5.75 Å². The highest BCUT2D eigenvalue weighted by atomic mass is 32.3. The second-order valence-corrected chi connectivity index (χ2v) is 5.28. The molecule has 0 aliphatic heterocycles. The van der Waals surface area contributed by atoms with E-state index >= 15 is 0 Å². The lowest BCUT2D eigenvalue weighted by atomic mass is 10.1. The Hall–Kier alpha value is -1.84. The lowest BCUT2D eigenvalue weighted by molar-refractivity contribution is 0.275. The molecule has 9 heteroatoms. The molecule has 20 heavy (non-hydrogen) atoms. The Morgan fingerprint density at radius 1 is 1.50 bits per heavy atom. The Kier molecular flexibility index (Phi) is 4.12. The van der Waals surface area contributed by atoms with Gasteiger partial charge in [-0.3, -0.25) is 4.28 Å². The monoisotopic (exact) mass is 314 g/mol. The number of hydrogen-bond acceptors (Lipinski definition) is 7. The molecule has 0 amide bonds. The first kappa shape index (κ1) is 14.6. The molecule has 0 bridgehead atoms. The molecule has 108 valence electrons. The zero-order valence-electron chi connectivity index (χ0n) is 10.3. The van der Waals surface area contributed by atoms with Gasteiger partial charge in [-0.25, -0.2) is 0 Å². The molecule has 0 aliphatic rings. The van der Waals surface area contributed by atoms with Crippen LogP contribution in [0.25, 0.3) is 10.9 Å². The third-order valence-corrected chi connectivity index (χ3v) is 3.02. The number of methoxy groups -OCH3 is 1. The minimum atomic E-state index is -4.89. The summed E-state index contributed by atoms with van der Waals surface area (Å²) < 4.78 is 39.9. The van der Waals surface area contributed by atoms with Crippen molar-refractivity contribution in [3.05, 3.63) is 30.0 Å². The Bertz CT molecular complexity index is 751. The standard InChI is InChI=1S/C11H12N2O5S2/c1-17-9-4-2-3-8-11(9)7(6-12-8)5-10(19)13-18-20(14,15)16/h2-4,6,12H,5H2,1H3,(H,13,19)(H,14,15,16)/p-2. The average molecular weight is 314 g/mol. The van der Waals surface area contributed by atoms with Gasteiger partial charge >= 0.3 is 0 Å². The van der Waals surface area contributed by atoms with Crippen molar-refractivity contribution in [2.24, 2.45) is 5.16 Å². The largest absolute Gasteiger partial charge is 0.761 e.